The van der Waals surface area contributed by atoms with Crippen molar-refractivity contribution in [3.63, 3.8) is 0 Å². The number of aryl methyl sites for hydroxylation is 1. The molecule has 0 aliphatic carbocycles. The van der Waals surface area contributed by atoms with Crippen LogP contribution in [0.15, 0.2) is 79.0 Å². The van der Waals surface area contributed by atoms with Crippen LogP contribution in [-0.2, 0) is 6.54 Å². The summed E-state index contributed by atoms with van der Waals surface area (Å²) >= 11 is 0. The van der Waals surface area contributed by atoms with Crippen molar-refractivity contribution in [2.24, 2.45) is 0 Å². The Labute approximate surface area is 201 Å². The van der Waals surface area contributed by atoms with Gasteiger partial charge in [0.1, 0.15) is 5.75 Å². The van der Waals surface area contributed by atoms with Crippen molar-refractivity contribution in [3.8, 4) is 5.75 Å². The lowest BCUT2D eigenvalue weighted by Gasteiger charge is -2.32. The molecule has 1 aliphatic rings. The third-order valence-electron chi connectivity index (χ3n) is 6.59. The predicted octanol–water partition coefficient (Wildman–Crippen LogP) is 6.25. The van der Waals surface area contributed by atoms with Crippen LogP contribution in [0.4, 0.5) is 0 Å². The van der Waals surface area contributed by atoms with Gasteiger partial charge in [-0.3, -0.25) is 4.90 Å². The number of carboxylic acid groups (broad SMARTS) is 1. The number of fused-ring (bicyclic) bond motifs is 1. The van der Waals surface area contributed by atoms with Crippen molar-refractivity contribution < 1.29 is 14.6 Å². The lowest BCUT2D eigenvalue weighted by Crippen LogP contribution is -2.32. The van der Waals surface area contributed by atoms with Gasteiger partial charge in [-0.2, -0.15) is 0 Å². The van der Waals surface area contributed by atoms with E-state index in [1.165, 1.54) is 40.4 Å². The second-order valence-corrected chi connectivity index (χ2v) is 8.77. The van der Waals surface area contributed by atoms with Crippen molar-refractivity contribution >= 4 is 16.9 Å². The summed E-state index contributed by atoms with van der Waals surface area (Å²) in [6, 6.07) is 23.6. The zero-order chi connectivity index (χ0) is 23.9. The van der Waals surface area contributed by atoms with Crippen LogP contribution in [0.1, 0.15) is 45.8 Å². The Morgan fingerprint density at radius 1 is 1.03 bits per heavy atom. The van der Waals surface area contributed by atoms with Gasteiger partial charge in [0.05, 0.1) is 12.7 Å². The number of H-pyrrole nitrogens is 1. The number of hydrogen-bond donors (Lipinski definition) is 2. The van der Waals surface area contributed by atoms with Crippen molar-refractivity contribution in [3.05, 3.63) is 101 Å². The number of nitrogens with one attached hydrogen (secondary N) is 1. The molecule has 0 unspecified atom stereocenters. The first-order valence-electron chi connectivity index (χ1n) is 11.8. The van der Waals surface area contributed by atoms with Gasteiger partial charge in [0, 0.05) is 29.2 Å². The van der Waals surface area contributed by atoms with E-state index in [1.54, 1.807) is 37.4 Å². The zero-order valence-electron chi connectivity index (χ0n) is 19.8. The SMILES string of the molecule is COc1cc(C)c2[nH]ccc2c1CN1CCC(c2ccccc2)CC1.O=C(O)c1ccccc1. The fourth-order valence-electron chi connectivity index (χ4n) is 4.73. The number of methoxy groups -OCH3 is 1. The summed E-state index contributed by atoms with van der Waals surface area (Å²) in [5.41, 5.74) is 5.60. The Kier molecular flexibility index (Phi) is 7.65. The number of ether oxygens (including phenoxy) is 1. The Bertz CT molecular complexity index is 1210. The van der Waals surface area contributed by atoms with E-state index in [0.717, 1.165) is 25.4 Å². The number of carboxylic acids is 1. The minimum atomic E-state index is -0.879. The van der Waals surface area contributed by atoms with Gasteiger partial charge < -0.3 is 14.8 Å². The molecule has 2 N–H and O–H groups in total. The molecule has 1 aliphatic heterocycles. The first-order chi connectivity index (χ1) is 16.6. The van der Waals surface area contributed by atoms with Gasteiger partial charge in [0.25, 0.3) is 0 Å². The highest BCUT2D eigenvalue weighted by atomic mass is 16.5. The number of aromatic amines is 1. The van der Waals surface area contributed by atoms with Gasteiger partial charge in [-0.1, -0.05) is 48.5 Å². The molecule has 1 aromatic heterocycles. The number of hydrogen-bond acceptors (Lipinski definition) is 3. The summed E-state index contributed by atoms with van der Waals surface area (Å²) < 4.78 is 5.70. The monoisotopic (exact) mass is 456 g/mol. The fraction of sp³-hybridized carbons (Fsp3) is 0.276. The van der Waals surface area contributed by atoms with Crippen LogP contribution in [0.2, 0.25) is 0 Å². The van der Waals surface area contributed by atoms with Gasteiger partial charge in [0.2, 0.25) is 0 Å². The normalized spacial score (nSPS) is 14.4. The maximum Gasteiger partial charge on any atom is 0.335 e. The average molecular weight is 457 g/mol. The Balaban J connectivity index is 0.000000257. The molecule has 0 bridgehead atoms. The summed E-state index contributed by atoms with van der Waals surface area (Å²) in [5, 5.41) is 9.68. The lowest BCUT2D eigenvalue weighted by molar-refractivity contribution is 0.0697. The van der Waals surface area contributed by atoms with E-state index in [1.807, 2.05) is 6.20 Å². The Morgan fingerprint density at radius 3 is 2.26 bits per heavy atom. The molecule has 5 rings (SSSR count). The number of benzene rings is 3. The second-order valence-electron chi connectivity index (χ2n) is 8.77. The van der Waals surface area contributed by atoms with Gasteiger partial charge in [-0.25, -0.2) is 4.79 Å². The molecule has 0 spiro atoms. The van der Waals surface area contributed by atoms with E-state index in [4.69, 9.17) is 9.84 Å². The molecule has 5 heteroatoms. The average Bonchev–Trinajstić information content (AvgIpc) is 3.38. The van der Waals surface area contributed by atoms with Gasteiger partial charge >= 0.3 is 5.97 Å². The smallest absolute Gasteiger partial charge is 0.335 e. The van der Waals surface area contributed by atoms with Gasteiger partial charge in [0.15, 0.2) is 0 Å². The third-order valence-corrected chi connectivity index (χ3v) is 6.59. The number of piperidine rings is 1. The van der Waals surface area contributed by atoms with E-state index in [9.17, 15) is 4.79 Å². The molecule has 34 heavy (non-hydrogen) atoms. The first kappa shape index (κ1) is 23.6. The number of nitrogens with zero attached hydrogens (tertiary/aromatic N) is 1. The summed E-state index contributed by atoms with van der Waals surface area (Å²) in [5.74, 6) is 0.829. The van der Waals surface area contributed by atoms with E-state index in [-0.39, 0.29) is 0 Å². The molecule has 5 nitrogen and oxygen atoms in total. The molecule has 3 aromatic carbocycles. The topological polar surface area (TPSA) is 65.6 Å². The van der Waals surface area contributed by atoms with Crippen LogP contribution < -0.4 is 4.74 Å². The molecular weight excluding hydrogens is 424 g/mol. The fourth-order valence-corrected chi connectivity index (χ4v) is 4.73. The predicted molar refractivity (Wildman–Crippen MR) is 137 cm³/mol. The largest absolute Gasteiger partial charge is 0.496 e. The highest BCUT2D eigenvalue weighted by molar-refractivity contribution is 5.88. The second kappa shape index (κ2) is 11.0. The van der Waals surface area contributed by atoms with Crippen molar-refractivity contribution in [2.45, 2.75) is 32.2 Å². The number of aromatic carboxylic acids is 1. The number of likely N-dealkylation sites (tertiary alicyclic amines) is 1. The lowest BCUT2D eigenvalue weighted by atomic mass is 9.89. The number of aromatic nitrogens is 1. The summed E-state index contributed by atoms with van der Waals surface area (Å²) in [4.78, 5) is 16.1. The van der Waals surface area contributed by atoms with Gasteiger partial charge in [-0.05, 0) is 74.2 Å². The van der Waals surface area contributed by atoms with E-state index >= 15 is 0 Å². The van der Waals surface area contributed by atoms with Crippen LogP contribution in [0, 0.1) is 6.92 Å². The van der Waals surface area contributed by atoms with E-state index in [2.05, 4.69) is 59.3 Å². The quantitative estimate of drug-likeness (QED) is 0.373. The number of rotatable bonds is 5. The minimum absolute atomic E-state index is 0.331. The molecular formula is C29H32N2O3. The Hall–Kier alpha value is -3.57. The molecule has 0 amide bonds. The molecule has 1 fully saturated rings. The van der Waals surface area contributed by atoms with Crippen molar-refractivity contribution in [1.82, 2.24) is 9.88 Å². The van der Waals surface area contributed by atoms with Gasteiger partial charge in [-0.15, -0.1) is 0 Å². The molecule has 4 aromatic rings. The van der Waals surface area contributed by atoms with E-state index < -0.39 is 5.97 Å². The molecule has 2 heterocycles. The van der Waals surface area contributed by atoms with Crippen LogP contribution in [0.3, 0.4) is 0 Å². The highest BCUT2D eigenvalue weighted by Gasteiger charge is 2.22. The number of carbonyl (C=O) groups is 1. The molecule has 0 radical (unpaired) electrons. The van der Waals surface area contributed by atoms with Crippen LogP contribution in [0.5, 0.6) is 5.75 Å². The minimum Gasteiger partial charge on any atom is -0.496 e. The van der Waals surface area contributed by atoms with Crippen molar-refractivity contribution in [2.75, 3.05) is 20.2 Å². The van der Waals surface area contributed by atoms with Crippen molar-refractivity contribution in [1.29, 1.82) is 0 Å². The summed E-state index contributed by atoms with van der Waals surface area (Å²) in [6.07, 6.45) is 4.49. The molecule has 176 valence electrons. The molecule has 0 atom stereocenters. The third kappa shape index (κ3) is 5.49. The van der Waals surface area contributed by atoms with E-state index in [0.29, 0.717) is 11.5 Å². The maximum atomic E-state index is 10.2. The van der Waals surface area contributed by atoms with Crippen LogP contribution in [-0.4, -0.2) is 41.2 Å². The summed E-state index contributed by atoms with van der Waals surface area (Å²) in [7, 11) is 1.78. The summed E-state index contributed by atoms with van der Waals surface area (Å²) in [6.45, 7) is 5.38. The first-order valence-corrected chi connectivity index (χ1v) is 11.8. The zero-order valence-corrected chi connectivity index (χ0v) is 19.8. The van der Waals surface area contributed by atoms with Crippen LogP contribution in [0.25, 0.3) is 10.9 Å². The molecule has 0 saturated carbocycles. The maximum absolute atomic E-state index is 10.2. The Morgan fingerprint density at radius 2 is 1.68 bits per heavy atom. The highest BCUT2D eigenvalue weighted by Crippen LogP contribution is 2.34. The standard InChI is InChI=1S/C22H26N2O.C7H6O2/c1-16-14-21(25-2)20(19-8-11-23-22(16)19)15-24-12-9-18(10-13-24)17-6-4-3-5-7-17;8-7(9)6-4-2-1-3-5-6/h3-8,11,14,18,23H,9-10,12-13,15H2,1-2H3;1-5H,(H,8,9). The molecule has 1 saturated heterocycles. The van der Waals surface area contributed by atoms with Crippen LogP contribution >= 0.6 is 0 Å².